The summed E-state index contributed by atoms with van der Waals surface area (Å²) in [4.78, 5) is 44.6. The van der Waals surface area contributed by atoms with E-state index in [2.05, 4.69) is 4.98 Å². The molecule has 3 fully saturated rings. The van der Waals surface area contributed by atoms with Crippen molar-refractivity contribution in [1.82, 2.24) is 4.98 Å². The van der Waals surface area contributed by atoms with Crippen molar-refractivity contribution in [3.05, 3.63) is 66.4 Å². The van der Waals surface area contributed by atoms with E-state index in [1.165, 1.54) is 4.90 Å². The Hall–Kier alpha value is -3.54. The minimum absolute atomic E-state index is 0.119. The lowest BCUT2D eigenvalue weighted by atomic mass is 9.81. The third-order valence-corrected chi connectivity index (χ3v) is 7.07. The number of nitrogens with zero attached hydrogens (tertiary/aromatic N) is 2. The number of ether oxygens (including phenoxy) is 1. The molecule has 2 aromatic carbocycles. The van der Waals surface area contributed by atoms with Crippen LogP contribution >= 0.6 is 0 Å². The van der Waals surface area contributed by atoms with Crippen molar-refractivity contribution in [1.29, 1.82) is 0 Å². The average molecular weight is 412 g/mol. The standard InChI is InChI=1S/C25H20N2O4/c28-23-20-15-9-10-16(12-15)21(20)24(29)27(23)18-7-1-5-17(13-18)25(30)31-19-8-2-4-14-6-3-11-26-22(14)19/h1-8,11,13,15-16,20-21H,9-10,12H2/t15-,16-,20+,21+/m0/s1. The van der Waals surface area contributed by atoms with Crippen molar-refractivity contribution in [3.8, 4) is 5.75 Å². The Bertz CT molecular complexity index is 1220. The Morgan fingerprint density at radius 3 is 2.42 bits per heavy atom. The van der Waals surface area contributed by atoms with Gasteiger partial charge < -0.3 is 4.74 Å². The molecule has 31 heavy (non-hydrogen) atoms. The van der Waals surface area contributed by atoms with E-state index >= 15 is 0 Å². The second kappa shape index (κ2) is 6.74. The van der Waals surface area contributed by atoms with Gasteiger partial charge in [0.2, 0.25) is 11.8 Å². The van der Waals surface area contributed by atoms with Crippen molar-refractivity contribution in [2.24, 2.45) is 23.7 Å². The van der Waals surface area contributed by atoms with Crippen LogP contribution in [0.4, 0.5) is 5.69 Å². The SMILES string of the molecule is O=C(Oc1cccc2cccnc12)c1cccc(N2C(=O)[C@@H]3[C@H]4CC[C@@H](C4)[C@H]3C2=O)c1. The number of pyridine rings is 1. The maximum Gasteiger partial charge on any atom is 0.343 e. The summed E-state index contributed by atoms with van der Waals surface area (Å²) in [7, 11) is 0. The topological polar surface area (TPSA) is 76.6 Å². The third-order valence-electron chi connectivity index (χ3n) is 7.07. The van der Waals surface area contributed by atoms with Gasteiger partial charge >= 0.3 is 5.97 Å². The van der Waals surface area contributed by atoms with Gasteiger partial charge in [-0.05, 0) is 61.4 Å². The lowest BCUT2D eigenvalue weighted by Gasteiger charge is -2.19. The molecular weight excluding hydrogens is 392 g/mol. The van der Waals surface area contributed by atoms with Crippen LogP contribution in [0.25, 0.3) is 10.9 Å². The number of aromatic nitrogens is 1. The number of carbonyl (C=O) groups excluding carboxylic acids is 3. The highest BCUT2D eigenvalue weighted by Gasteiger charge is 2.61. The highest BCUT2D eigenvalue weighted by atomic mass is 16.5. The van der Waals surface area contributed by atoms with Crippen LogP contribution < -0.4 is 9.64 Å². The summed E-state index contributed by atoms with van der Waals surface area (Å²) >= 11 is 0. The van der Waals surface area contributed by atoms with Crippen LogP contribution in [0.5, 0.6) is 5.75 Å². The number of rotatable bonds is 3. The van der Waals surface area contributed by atoms with Gasteiger partial charge in [0.1, 0.15) is 5.52 Å². The summed E-state index contributed by atoms with van der Waals surface area (Å²) in [5, 5.41) is 0.871. The molecule has 1 saturated heterocycles. The summed E-state index contributed by atoms with van der Waals surface area (Å²) in [5.74, 6) is -0.164. The summed E-state index contributed by atoms with van der Waals surface area (Å²) in [6.45, 7) is 0. The van der Waals surface area contributed by atoms with Gasteiger partial charge in [-0.15, -0.1) is 0 Å². The van der Waals surface area contributed by atoms with Crippen LogP contribution in [0.1, 0.15) is 29.6 Å². The molecular formula is C25H20N2O4. The Labute approximate surface area is 178 Å². The van der Waals surface area contributed by atoms with E-state index in [4.69, 9.17) is 4.74 Å². The molecule has 6 nitrogen and oxygen atoms in total. The number of hydrogen-bond acceptors (Lipinski definition) is 5. The van der Waals surface area contributed by atoms with E-state index in [1.54, 1.807) is 42.6 Å². The number of hydrogen-bond donors (Lipinski definition) is 0. The fourth-order valence-electron chi connectivity index (χ4n) is 5.75. The maximum atomic E-state index is 13.1. The van der Waals surface area contributed by atoms with Crippen LogP contribution in [0, 0.1) is 23.7 Å². The smallest absolute Gasteiger partial charge is 0.343 e. The summed E-state index contributed by atoms with van der Waals surface area (Å²) in [5.41, 5.74) is 1.32. The largest absolute Gasteiger partial charge is 0.421 e. The molecule has 2 heterocycles. The van der Waals surface area contributed by atoms with Crippen molar-refractivity contribution in [2.75, 3.05) is 4.90 Å². The molecule has 0 spiro atoms. The van der Waals surface area contributed by atoms with Crippen LogP contribution in [0.2, 0.25) is 0 Å². The average Bonchev–Trinajstić information content (AvgIpc) is 3.48. The number of amides is 2. The number of fused-ring (bicyclic) bond motifs is 6. The Morgan fingerprint density at radius 1 is 0.935 bits per heavy atom. The Morgan fingerprint density at radius 2 is 1.65 bits per heavy atom. The second-order valence-corrected chi connectivity index (χ2v) is 8.67. The molecule has 4 atom stereocenters. The van der Waals surface area contributed by atoms with Crippen LogP contribution in [-0.2, 0) is 9.59 Å². The lowest BCUT2D eigenvalue weighted by Crippen LogP contribution is -2.32. The van der Waals surface area contributed by atoms with Gasteiger partial charge in [-0.1, -0.05) is 24.3 Å². The van der Waals surface area contributed by atoms with E-state index in [0.717, 1.165) is 24.6 Å². The first kappa shape index (κ1) is 18.2. The van der Waals surface area contributed by atoms with Crippen molar-refractivity contribution >= 4 is 34.4 Å². The van der Waals surface area contributed by atoms with Gasteiger partial charge in [0, 0.05) is 11.6 Å². The minimum atomic E-state index is -0.556. The zero-order valence-electron chi connectivity index (χ0n) is 16.7. The maximum absolute atomic E-state index is 13.1. The summed E-state index contributed by atoms with van der Waals surface area (Å²) in [6.07, 6.45) is 4.70. The number of benzene rings is 2. The van der Waals surface area contributed by atoms with E-state index in [1.807, 2.05) is 18.2 Å². The molecule has 154 valence electrons. The third kappa shape index (κ3) is 2.71. The molecule has 2 amide bonds. The number of para-hydroxylation sites is 1. The first-order chi connectivity index (χ1) is 15.1. The Balaban J connectivity index is 1.29. The normalized spacial score (nSPS) is 26.5. The molecule has 2 saturated carbocycles. The molecule has 0 N–H and O–H groups in total. The Kier molecular flexibility index (Phi) is 3.96. The highest BCUT2D eigenvalue weighted by molar-refractivity contribution is 6.22. The number of anilines is 1. The second-order valence-electron chi connectivity index (χ2n) is 8.67. The van der Waals surface area contributed by atoms with Crippen molar-refractivity contribution in [3.63, 3.8) is 0 Å². The van der Waals surface area contributed by atoms with Crippen LogP contribution in [0.15, 0.2) is 60.8 Å². The fourth-order valence-corrected chi connectivity index (χ4v) is 5.75. The van der Waals surface area contributed by atoms with Gasteiger partial charge in [0.15, 0.2) is 5.75 Å². The molecule has 1 aliphatic heterocycles. The van der Waals surface area contributed by atoms with Gasteiger partial charge in [0.05, 0.1) is 23.1 Å². The molecule has 0 unspecified atom stereocenters. The number of esters is 1. The molecule has 6 heteroatoms. The lowest BCUT2D eigenvalue weighted by molar-refractivity contribution is -0.123. The van der Waals surface area contributed by atoms with Crippen LogP contribution in [0.3, 0.4) is 0 Å². The number of imide groups is 1. The zero-order chi connectivity index (χ0) is 21.1. The molecule has 1 aromatic heterocycles. The first-order valence-corrected chi connectivity index (χ1v) is 10.7. The fraction of sp³-hybridized carbons (Fsp3) is 0.280. The first-order valence-electron chi connectivity index (χ1n) is 10.7. The molecule has 0 radical (unpaired) electrons. The predicted octanol–water partition coefficient (Wildman–Crippen LogP) is 3.99. The quantitative estimate of drug-likeness (QED) is 0.369. The molecule has 3 aromatic rings. The molecule has 2 aliphatic carbocycles. The molecule has 3 aliphatic rings. The minimum Gasteiger partial charge on any atom is -0.421 e. The monoisotopic (exact) mass is 412 g/mol. The van der Waals surface area contributed by atoms with Gasteiger partial charge in [0.25, 0.3) is 0 Å². The molecule has 2 bridgehead atoms. The van der Waals surface area contributed by atoms with E-state index < -0.39 is 5.97 Å². The highest BCUT2D eigenvalue weighted by Crippen LogP contribution is 2.56. The predicted molar refractivity (Wildman–Crippen MR) is 113 cm³/mol. The van der Waals surface area contributed by atoms with E-state index in [-0.39, 0.29) is 29.2 Å². The van der Waals surface area contributed by atoms with Gasteiger partial charge in [-0.2, -0.15) is 0 Å². The molecule has 6 rings (SSSR count). The summed E-state index contributed by atoms with van der Waals surface area (Å²) in [6, 6.07) is 15.7. The van der Waals surface area contributed by atoms with Gasteiger partial charge in [-0.3, -0.25) is 19.5 Å². The van der Waals surface area contributed by atoms with Crippen molar-refractivity contribution < 1.29 is 19.1 Å². The van der Waals surface area contributed by atoms with Gasteiger partial charge in [-0.25, -0.2) is 4.79 Å². The van der Waals surface area contributed by atoms with E-state index in [0.29, 0.717) is 28.8 Å². The zero-order valence-corrected chi connectivity index (χ0v) is 16.7. The van der Waals surface area contributed by atoms with Crippen molar-refractivity contribution in [2.45, 2.75) is 19.3 Å². The summed E-state index contributed by atoms with van der Waals surface area (Å²) < 4.78 is 5.61. The van der Waals surface area contributed by atoms with Crippen LogP contribution in [-0.4, -0.2) is 22.8 Å². The number of carbonyl (C=O) groups is 3. The van der Waals surface area contributed by atoms with E-state index in [9.17, 15) is 14.4 Å².